The van der Waals surface area contributed by atoms with Crippen LogP contribution < -0.4 is 0 Å². The van der Waals surface area contributed by atoms with Gasteiger partial charge in [-0.15, -0.1) is 0 Å². The maximum atomic E-state index is 13.2. The summed E-state index contributed by atoms with van der Waals surface area (Å²) in [6, 6.07) is 6.27. The van der Waals surface area contributed by atoms with E-state index in [-0.39, 0.29) is 11.7 Å². The van der Waals surface area contributed by atoms with Crippen LogP contribution in [0.3, 0.4) is 0 Å². The monoisotopic (exact) mass is 237 g/mol. The second-order valence-electron chi connectivity index (χ2n) is 4.66. The Balaban J connectivity index is 2.28. The van der Waals surface area contributed by atoms with Gasteiger partial charge in [-0.3, -0.25) is 4.79 Å². The van der Waals surface area contributed by atoms with Crippen molar-refractivity contribution >= 4 is 5.97 Å². The summed E-state index contributed by atoms with van der Waals surface area (Å²) in [4.78, 5) is 13.3. The molecule has 1 aliphatic rings. The first-order valence-corrected chi connectivity index (χ1v) is 5.74. The molecule has 17 heavy (non-hydrogen) atoms. The standard InChI is InChI=1S/C13H16FNO2/c1-15-6-5-11(13(16)17)12(8-15)9-3-2-4-10(14)7-9/h2-4,7,11-12H,5-6,8H2,1H3,(H,16,17). The molecule has 3 nitrogen and oxygen atoms in total. The molecule has 1 aromatic carbocycles. The highest BCUT2D eigenvalue weighted by Crippen LogP contribution is 2.32. The lowest BCUT2D eigenvalue weighted by atomic mass is 9.81. The first-order chi connectivity index (χ1) is 8.08. The van der Waals surface area contributed by atoms with Crippen LogP contribution in [0.5, 0.6) is 0 Å². The third kappa shape index (κ3) is 2.64. The van der Waals surface area contributed by atoms with Crippen molar-refractivity contribution in [2.75, 3.05) is 20.1 Å². The number of likely N-dealkylation sites (N-methyl/N-ethyl adjacent to an activating group) is 1. The van der Waals surface area contributed by atoms with Gasteiger partial charge in [0.15, 0.2) is 0 Å². The fourth-order valence-electron chi connectivity index (χ4n) is 2.49. The Morgan fingerprint density at radius 1 is 1.53 bits per heavy atom. The molecule has 92 valence electrons. The summed E-state index contributed by atoms with van der Waals surface area (Å²) in [6.07, 6.45) is 0.618. The number of piperidine rings is 1. The molecule has 0 spiro atoms. The lowest BCUT2D eigenvalue weighted by Gasteiger charge is -2.34. The number of aliphatic carboxylic acids is 1. The van der Waals surface area contributed by atoms with Crippen LogP contribution in [-0.2, 0) is 4.79 Å². The van der Waals surface area contributed by atoms with Gasteiger partial charge in [-0.2, -0.15) is 0 Å². The van der Waals surface area contributed by atoms with E-state index in [9.17, 15) is 14.3 Å². The minimum atomic E-state index is -0.785. The largest absolute Gasteiger partial charge is 0.481 e. The molecule has 1 fully saturated rings. The molecule has 2 unspecified atom stereocenters. The first kappa shape index (κ1) is 12.0. The third-order valence-corrected chi connectivity index (χ3v) is 3.41. The Bertz CT molecular complexity index is 422. The van der Waals surface area contributed by atoms with E-state index in [2.05, 4.69) is 4.90 Å². The smallest absolute Gasteiger partial charge is 0.307 e. The third-order valence-electron chi connectivity index (χ3n) is 3.41. The Morgan fingerprint density at radius 2 is 2.29 bits per heavy atom. The molecule has 4 heteroatoms. The van der Waals surface area contributed by atoms with Crippen molar-refractivity contribution in [1.82, 2.24) is 4.90 Å². The molecule has 0 bridgehead atoms. The molecule has 0 amide bonds. The van der Waals surface area contributed by atoms with E-state index in [1.807, 2.05) is 13.1 Å². The van der Waals surface area contributed by atoms with E-state index in [1.54, 1.807) is 6.07 Å². The van der Waals surface area contributed by atoms with Gasteiger partial charge in [-0.05, 0) is 37.7 Å². The number of benzene rings is 1. The molecule has 1 aliphatic heterocycles. The number of nitrogens with zero attached hydrogens (tertiary/aromatic N) is 1. The van der Waals surface area contributed by atoms with Gasteiger partial charge in [-0.1, -0.05) is 12.1 Å². The number of carboxylic acids is 1. The van der Waals surface area contributed by atoms with Crippen LogP contribution in [0.1, 0.15) is 17.9 Å². The quantitative estimate of drug-likeness (QED) is 0.854. The van der Waals surface area contributed by atoms with Gasteiger partial charge in [0.2, 0.25) is 0 Å². The van der Waals surface area contributed by atoms with Gasteiger partial charge in [0.1, 0.15) is 5.82 Å². The first-order valence-electron chi connectivity index (χ1n) is 5.74. The van der Waals surface area contributed by atoms with Crippen LogP contribution in [0.25, 0.3) is 0 Å². The number of halogens is 1. The van der Waals surface area contributed by atoms with Gasteiger partial charge < -0.3 is 10.0 Å². The second-order valence-corrected chi connectivity index (χ2v) is 4.66. The maximum Gasteiger partial charge on any atom is 0.307 e. The number of carbonyl (C=O) groups is 1. The average Bonchev–Trinajstić information content (AvgIpc) is 2.28. The van der Waals surface area contributed by atoms with Crippen LogP contribution in [0.2, 0.25) is 0 Å². The normalized spacial score (nSPS) is 25.8. The van der Waals surface area contributed by atoms with Crippen LogP contribution in [-0.4, -0.2) is 36.1 Å². The molecular weight excluding hydrogens is 221 g/mol. The molecule has 1 saturated heterocycles. The van der Waals surface area contributed by atoms with Crippen molar-refractivity contribution in [2.24, 2.45) is 5.92 Å². The summed E-state index contributed by atoms with van der Waals surface area (Å²) in [5.41, 5.74) is 0.781. The van der Waals surface area contributed by atoms with Crippen molar-refractivity contribution in [2.45, 2.75) is 12.3 Å². The fraction of sp³-hybridized carbons (Fsp3) is 0.462. The van der Waals surface area contributed by atoms with Crippen LogP contribution in [0.4, 0.5) is 4.39 Å². The number of hydrogen-bond acceptors (Lipinski definition) is 2. The summed E-state index contributed by atoms with van der Waals surface area (Å²) in [5.74, 6) is -1.62. The van der Waals surface area contributed by atoms with Crippen molar-refractivity contribution < 1.29 is 14.3 Å². The van der Waals surface area contributed by atoms with Crippen LogP contribution >= 0.6 is 0 Å². The van der Waals surface area contributed by atoms with E-state index in [0.29, 0.717) is 13.0 Å². The summed E-state index contributed by atoms with van der Waals surface area (Å²) in [5, 5.41) is 9.21. The minimum Gasteiger partial charge on any atom is -0.481 e. The lowest BCUT2D eigenvalue weighted by molar-refractivity contribution is -0.144. The number of rotatable bonds is 2. The van der Waals surface area contributed by atoms with Crippen molar-refractivity contribution in [1.29, 1.82) is 0 Å². The van der Waals surface area contributed by atoms with E-state index in [4.69, 9.17) is 0 Å². The van der Waals surface area contributed by atoms with Gasteiger partial charge >= 0.3 is 5.97 Å². The Labute approximate surface area is 99.9 Å². The van der Waals surface area contributed by atoms with Gasteiger partial charge in [0, 0.05) is 12.5 Å². The summed E-state index contributed by atoms with van der Waals surface area (Å²) < 4.78 is 13.2. The van der Waals surface area contributed by atoms with Crippen LogP contribution in [0, 0.1) is 11.7 Å². The van der Waals surface area contributed by atoms with E-state index in [1.165, 1.54) is 12.1 Å². The Hall–Kier alpha value is -1.42. The van der Waals surface area contributed by atoms with Crippen LogP contribution in [0.15, 0.2) is 24.3 Å². The lowest BCUT2D eigenvalue weighted by Crippen LogP contribution is -2.39. The zero-order chi connectivity index (χ0) is 12.4. The molecule has 0 saturated carbocycles. The Morgan fingerprint density at radius 3 is 2.94 bits per heavy atom. The second kappa shape index (κ2) is 4.84. The molecular formula is C13H16FNO2. The topological polar surface area (TPSA) is 40.5 Å². The molecule has 0 radical (unpaired) electrons. The molecule has 1 N–H and O–H groups in total. The molecule has 2 rings (SSSR count). The van der Waals surface area contributed by atoms with Gasteiger partial charge in [0.25, 0.3) is 0 Å². The zero-order valence-electron chi connectivity index (χ0n) is 9.77. The minimum absolute atomic E-state index is 0.123. The Kier molecular flexibility index (Phi) is 3.43. The predicted molar refractivity (Wildman–Crippen MR) is 62.4 cm³/mol. The highest BCUT2D eigenvalue weighted by molar-refractivity contribution is 5.71. The van der Waals surface area contributed by atoms with Gasteiger partial charge in [0.05, 0.1) is 5.92 Å². The van der Waals surface area contributed by atoms with Crippen molar-refractivity contribution in [3.8, 4) is 0 Å². The summed E-state index contributed by atoms with van der Waals surface area (Å²) in [6.45, 7) is 1.45. The summed E-state index contributed by atoms with van der Waals surface area (Å²) in [7, 11) is 1.96. The molecule has 2 atom stereocenters. The molecule has 1 heterocycles. The highest BCUT2D eigenvalue weighted by Gasteiger charge is 2.33. The number of carboxylic acid groups (broad SMARTS) is 1. The molecule has 1 aromatic rings. The fourth-order valence-corrected chi connectivity index (χ4v) is 2.49. The SMILES string of the molecule is CN1CCC(C(=O)O)C(c2cccc(F)c2)C1. The van der Waals surface area contributed by atoms with E-state index in [0.717, 1.165) is 12.1 Å². The zero-order valence-corrected chi connectivity index (χ0v) is 9.77. The molecule has 0 aromatic heterocycles. The van der Waals surface area contributed by atoms with E-state index < -0.39 is 11.9 Å². The van der Waals surface area contributed by atoms with Gasteiger partial charge in [-0.25, -0.2) is 4.39 Å². The summed E-state index contributed by atoms with van der Waals surface area (Å²) >= 11 is 0. The average molecular weight is 237 g/mol. The predicted octanol–water partition coefficient (Wildman–Crippen LogP) is 1.95. The van der Waals surface area contributed by atoms with Crippen molar-refractivity contribution in [3.63, 3.8) is 0 Å². The van der Waals surface area contributed by atoms with Crippen molar-refractivity contribution in [3.05, 3.63) is 35.6 Å². The number of hydrogen-bond donors (Lipinski definition) is 1. The molecule has 0 aliphatic carbocycles. The highest BCUT2D eigenvalue weighted by atomic mass is 19.1. The van der Waals surface area contributed by atoms with E-state index >= 15 is 0 Å². The maximum absolute atomic E-state index is 13.2. The number of likely N-dealkylation sites (tertiary alicyclic amines) is 1.